The summed E-state index contributed by atoms with van der Waals surface area (Å²) in [6.45, 7) is 4.82. The number of fused-ring (bicyclic) bond motifs is 1. The van der Waals surface area contributed by atoms with Crippen LogP contribution < -0.4 is 15.8 Å². The minimum absolute atomic E-state index is 0.398. The third-order valence-corrected chi connectivity index (χ3v) is 7.57. The number of carbonyl (C=O) groups is 1. The summed E-state index contributed by atoms with van der Waals surface area (Å²) in [6, 6.07) is 19.0. The number of H-pyrrole nitrogens is 1. The van der Waals surface area contributed by atoms with Gasteiger partial charge in [0.25, 0.3) is 5.56 Å². The Balaban J connectivity index is 1.25. The van der Waals surface area contributed by atoms with Gasteiger partial charge in [-0.25, -0.2) is 4.79 Å². The molecule has 2 fully saturated rings. The van der Waals surface area contributed by atoms with Gasteiger partial charge >= 0.3 is 5.97 Å². The van der Waals surface area contributed by atoms with Crippen LogP contribution in [0.15, 0.2) is 59.4 Å². The highest BCUT2D eigenvalue weighted by molar-refractivity contribution is 5.92. The molecule has 3 aromatic rings. The summed E-state index contributed by atoms with van der Waals surface area (Å²) in [4.78, 5) is 28.7. The van der Waals surface area contributed by atoms with Crippen LogP contribution in [0, 0.1) is 11.8 Å². The van der Waals surface area contributed by atoms with Gasteiger partial charge in [-0.3, -0.25) is 4.79 Å². The van der Waals surface area contributed by atoms with E-state index < -0.39 is 22.8 Å². The monoisotopic (exact) mass is 473 g/mol. The van der Waals surface area contributed by atoms with E-state index in [0.717, 1.165) is 30.9 Å². The molecule has 35 heavy (non-hydrogen) atoms. The van der Waals surface area contributed by atoms with Crippen molar-refractivity contribution in [3.05, 3.63) is 81.6 Å². The number of aromatic carboxylic acids is 1. The van der Waals surface area contributed by atoms with Gasteiger partial charge in [0.05, 0.1) is 5.69 Å². The second-order valence-corrected chi connectivity index (χ2v) is 9.70. The summed E-state index contributed by atoms with van der Waals surface area (Å²) in [5, 5.41) is 23.4. The lowest BCUT2D eigenvalue weighted by atomic mass is 10.0. The predicted octanol–water partition coefficient (Wildman–Crippen LogP) is 4.01. The van der Waals surface area contributed by atoms with Crippen LogP contribution in [-0.4, -0.2) is 40.3 Å². The Kier molecular flexibility index (Phi) is 6.34. The average Bonchev–Trinajstić information content (AvgIpc) is 3.42. The molecule has 2 aromatic carbocycles. The molecule has 1 aromatic heterocycles. The fraction of sp³-hybridized carbons (Fsp3) is 0.357. The Hall–Kier alpha value is -3.58. The van der Waals surface area contributed by atoms with Crippen molar-refractivity contribution in [3.8, 4) is 17.0 Å². The van der Waals surface area contributed by atoms with E-state index in [4.69, 9.17) is 0 Å². The minimum atomic E-state index is -1.43. The van der Waals surface area contributed by atoms with Crippen molar-refractivity contribution in [2.75, 3.05) is 18.0 Å². The molecule has 0 spiro atoms. The van der Waals surface area contributed by atoms with Gasteiger partial charge in [-0.05, 0) is 54.4 Å². The van der Waals surface area contributed by atoms with E-state index in [1.807, 2.05) is 37.3 Å². The Bertz CT molecular complexity index is 1260. The molecule has 1 saturated heterocycles. The van der Waals surface area contributed by atoms with Gasteiger partial charge in [0, 0.05) is 36.9 Å². The molecule has 7 heteroatoms. The fourth-order valence-corrected chi connectivity index (χ4v) is 5.79. The van der Waals surface area contributed by atoms with Crippen molar-refractivity contribution < 1.29 is 15.0 Å². The summed E-state index contributed by atoms with van der Waals surface area (Å²) < 4.78 is 0. The lowest BCUT2D eigenvalue weighted by Gasteiger charge is -2.22. The van der Waals surface area contributed by atoms with Crippen LogP contribution in [0.1, 0.15) is 41.3 Å². The van der Waals surface area contributed by atoms with Crippen molar-refractivity contribution in [2.24, 2.45) is 11.8 Å². The maximum absolute atomic E-state index is 12.3. The third kappa shape index (κ3) is 4.56. The lowest BCUT2D eigenvalue weighted by Crippen LogP contribution is -2.29. The number of benzene rings is 2. The van der Waals surface area contributed by atoms with Gasteiger partial charge in [-0.15, -0.1) is 0 Å². The van der Waals surface area contributed by atoms with E-state index in [0.29, 0.717) is 35.6 Å². The lowest BCUT2D eigenvalue weighted by molar-refractivity contribution is 0.0691. The number of anilines is 1. The van der Waals surface area contributed by atoms with Crippen LogP contribution in [0.5, 0.6) is 5.75 Å². The number of hydrogen-bond acceptors (Lipinski definition) is 5. The number of aromatic nitrogens is 1. The summed E-state index contributed by atoms with van der Waals surface area (Å²) in [6.07, 6.45) is 2.79. The van der Waals surface area contributed by atoms with E-state index in [1.54, 1.807) is 0 Å². The molecule has 5 rings (SSSR count). The van der Waals surface area contributed by atoms with Crippen molar-refractivity contribution in [1.82, 2.24) is 10.3 Å². The van der Waals surface area contributed by atoms with Crippen LogP contribution in [0.25, 0.3) is 11.3 Å². The molecule has 7 nitrogen and oxygen atoms in total. The van der Waals surface area contributed by atoms with E-state index >= 15 is 0 Å². The number of carboxylic acid groups (broad SMARTS) is 1. The Morgan fingerprint density at radius 3 is 2.31 bits per heavy atom. The molecule has 0 radical (unpaired) electrons. The first-order valence-corrected chi connectivity index (χ1v) is 12.3. The number of aromatic amines is 1. The Morgan fingerprint density at radius 2 is 1.71 bits per heavy atom. The first kappa shape index (κ1) is 23.2. The minimum Gasteiger partial charge on any atom is -0.506 e. The van der Waals surface area contributed by atoms with Gasteiger partial charge in [0.2, 0.25) is 0 Å². The fourth-order valence-electron chi connectivity index (χ4n) is 5.79. The number of carboxylic acids is 1. The molecule has 0 amide bonds. The Labute approximate surface area is 204 Å². The van der Waals surface area contributed by atoms with Gasteiger partial charge < -0.3 is 25.4 Å². The second-order valence-electron chi connectivity index (χ2n) is 9.70. The smallest absolute Gasteiger partial charge is 0.345 e. The molecule has 1 aliphatic heterocycles. The van der Waals surface area contributed by atoms with Crippen LogP contribution in [-0.2, 0) is 13.0 Å². The zero-order valence-corrected chi connectivity index (χ0v) is 19.8. The first-order valence-electron chi connectivity index (χ1n) is 12.3. The topological polar surface area (TPSA) is 106 Å². The Morgan fingerprint density at radius 1 is 1.06 bits per heavy atom. The molecule has 4 N–H and O–H groups in total. The van der Waals surface area contributed by atoms with Gasteiger partial charge in [-0.2, -0.15) is 0 Å². The molecular weight excluding hydrogens is 442 g/mol. The highest BCUT2D eigenvalue weighted by Gasteiger charge is 2.40. The van der Waals surface area contributed by atoms with Gasteiger partial charge in [-0.1, -0.05) is 49.4 Å². The van der Waals surface area contributed by atoms with Gasteiger partial charge in [0.1, 0.15) is 5.75 Å². The van der Waals surface area contributed by atoms with E-state index in [2.05, 4.69) is 39.5 Å². The maximum Gasteiger partial charge on any atom is 0.345 e. The van der Waals surface area contributed by atoms with Crippen molar-refractivity contribution in [3.63, 3.8) is 0 Å². The quantitative estimate of drug-likeness (QED) is 0.413. The number of pyridine rings is 1. The standard InChI is InChI=1S/C28H31N3O4/c1-2-23-25(30-27(33)24(26(23)32)28(34)35)18-8-10-22(11-9-18)31-15-19-12-21(13-20(19)16-31)29-14-17-6-4-3-5-7-17/h3-11,19-21,29H,2,12-16H2,1H3,(H,34,35)(H2,30,32,33)/t19-,20+,21-. The van der Waals surface area contributed by atoms with E-state index in [-0.39, 0.29) is 0 Å². The van der Waals surface area contributed by atoms with Crippen molar-refractivity contribution in [2.45, 2.75) is 38.8 Å². The predicted molar refractivity (Wildman–Crippen MR) is 136 cm³/mol. The highest BCUT2D eigenvalue weighted by atomic mass is 16.4. The van der Waals surface area contributed by atoms with Crippen LogP contribution in [0.3, 0.4) is 0 Å². The number of nitrogens with one attached hydrogen (secondary N) is 2. The second kappa shape index (κ2) is 9.58. The van der Waals surface area contributed by atoms with E-state index in [9.17, 15) is 19.8 Å². The third-order valence-electron chi connectivity index (χ3n) is 7.57. The molecule has 2 heterocycles. The summed E-state index contributed by atoms with van der Waals surface area (Å²) >= 11 is 0. The van der Waals surface area contributed by atoms with Gasteiger partial charge in [0.15, 0.2) is 5.56 Å². The number of rotatable bonds is 7. The van der Waals surface area contributed by atoms with Crippen LogP contribution in [0.4, 0.5) is 5.69 Å². The number of aromatic hydroxyl groups is 1. The summed E-state index contributed by atoms with van der Waals surface area (Å²) in [5.41, 5.74) is 2.71. The van der Waals surface area contributed by atoms with Crippen LogP contribution in [0.2, 0.25) is 0 Å². The first-order chi connectivity index (χ1) is 16.9. The molecule has 1 saturated carbocycles. The van der Waals surface area contributed by atoms with Crippen molar-refractivity contribution >= 4 is 11.7 Å². The highest BCUT2D eigenvalue weighted by Crippen LogP contribution is 2.40. The molecular formula is C28H31N3O4. The molecule has 1 aliphatic carbocycles. The van der Waals surface area contributed by atoms with E-state index in [1.165, 1.54) is 18.4 Å². The number of nitrogens with zero attached hydrogens (tertiary/aromatic N) is 1. The van der Waals surface area contributed by atoms with Crippen LogP contribution >= 0.6 is 0 Å². The SMILES string of the molecule is CCc1c(-c2ccc(N3C[C@H]4C[C@@H](NCc5ccccc5)C[C@H]4C3)cc2)[nH]c(=O)c(C(=O)O)c1O. The molecule has 2 aliphatic rings. The largest absolute Gasteiger partial charge is 0.506 e. The maximum atomic E-state index is 12.3. The average molecular weight is 474 g/mol. The molecule has 0 bridgehead atoms. The zero-order valence-electron chi connectivity index (χ0n) is 19.8. The summed E-state index contributed by atoms with van der Waals surface area (Å²) in [7, 11) is 0. The molecule has 0 unspecified atom stereocenters. The molecule has 3 atom stereocenters. The zero-order chi connectivity index (χ0) is 24.5. The van der Waals surface area contributed by atoms with Crippen molar-refractivity contribution in [1.29, 1.82) is 0 Å². The normalized spacial score (nSPS) is 21.3. The molecule has 182 valence electrons. The summed E-state index contributed by atoms with van der Waals surface area (Å²) in [5.74, 6) is -0.513. The number of hydrogen-bond donors (Lipinski definition) is 4.